The largest absolute Gasteiger partial charge is 0.480 e. The molecule has 3 N–H and O–H groups in total. The Hall–Kier alpha value is -1.84. The van der Waals surface area contributed by atoms with Crippen LogP contribution >= 0.6 is 0 Å². The molecule has 1 atom stereocenters. The summed E-state index contributed by atoms with van der Waals surface area (Å²) in [6.07, 6.45) is 0. The first-order valence-electron chi connectivity index (χ1n) is 5.94. The number of nitrogens with one attached hydrogen (secondary N) is 2. The molecular weight excluding hydrogens is 290 g/mol. The maximum absolute atomic E-state index is 11.8. The highest BCUT2D eigenvalue weighted by atomic mass is 32.2. The van der Waals surface area contributed by atoms with Gasteiger partial charge in [0.25, 0.3) is 0 Å². The summed E-state index contributed by atoms with van der Waals surface area (Å²) in [5, 5.41) is 13.4. The van der Waals surface area contributed by atoms with Gasteiger partial charge < -0.3 is 20.6 Å². The topological polar surface area (TPSA) is 133 Å². The van der Waals surface area contributed by atoms with Crippen LogP contribution in [0, 0.1) is 0 Å². The van der Waals surface area contributed by atoms with Gasteiger partial charge in [-0.05, 0) is 0 Å². The van der Waals surface area contributed by atoms with Gasteiger partial charge in [-0.2, -0.15) is 0 Å². The molecule has 0 bridgehead atoms. The molecule has 1 heterocycles. The Morgan fingerprint density at radius 2 is 2.15 bits per heavy atom. The van der Waals surface area contributed by atoms with Gasteiger partial charge >= 0.3 is 12.0 Å². The molecule has 0 unspecified atom stereocenters. The Morgan fingerprint density at radius 1 is 1.50 bits per heavy atom. The lowest BCUT2D eigenvalue weighted by Crippen LogP contribution is -2.45. The van der Waals surface area contributed by atoms with Gasteiger partial charge in [0.05, 0.1) is 11.5 Å². The average Bonchev–Trinajstić information content (AvgIpc) is 2.70. The van der Waals surface area contributed by atoms with Crippen LogP contribution in [0.25, 0.3) is 0 Å². The summed E-state index contributed by atoms with van der Waals surface area (Å²) < 4.78 is 23.6. The molecule has 0 aromatic rings. The van der Waals surface area contributed by atoms with Crippen LogP contribution in [0.3, 0.4) is 0 Å². The van der Waals surface area contributed by atoms with E-state index in [4.69, 9.17) is 5.11 Å². The number of urea groups is 1. The van der Waals surface area contributed by atoms with Crippen molar-refractivity contribution in [3.05, 3.63) is 0 Å². The van der Waals surface area contributed by atoms with Gasteiger partial charge in [0.1, 0.15) is 6.04 Å². The van der Waals surface area contributed by atoms with Crippen LogP contribution in [0.15, 0.2) is 0 Å². The van der Waals surface area contributed by atoms with Gasteiger partial charge in [-0.15, -0.1) is 0 Å². The molecule has 0 radical (unpaired) electrons. The summed E-state index contributed by atoms with van der Waals surface area (Å²) >= 11 is 0. The van der Waals surface area contributed by atoms with Crippen LogP contribution < -0.4 is 10.6 Å². The molecule has 114 valence electrons. The number of carboxylic acids is 1. The predicted octanol–water partition coefficient (Wildman–Crippen LogP) is -1.98. The molecular formula is C10H17N3O6S. The number of carbonyl (C=O) groups is 3. The zero-order chi connectivity index (χ0) is 15.3. The molecule has 3 amide bonds. The molecule has 1 aliphatic rings. The van der Waals surface area contributed by atoms with Crippen LogP contribution in [-0.4, -0.2) is 73.5 Å². The highest BCUT2D eigenvalue weighted by molar-refractivity contribution is 7.91. The molecule has 1 saturated heterocycles. The van der Waals surface area contributed by atoms with E-state index < -0.39 is 33.5 Å². The molecule has 20 heavy (non-hydrogen) atoms. The number of sulfone groups is 1. The second-order valence-electron chi connectivity index (χ2n) is 4.42. The SMILES string of the molecule is CC(=O)N[C@@H](CS(=O)(=O)CCN1CCNC1=O)C(=O)O. The average molecular weight is 307 g/mol. The van der Waals surface area contributed by atoms with Crippen LogP contribution in [-0.2, 0) is 19.4 Å². The lowest BCUT2D eigenvalue weighted by molar-refractivity contribution is -0.140. The normalized spacial score (nSPS) is 16.6. The highest BCUT2D eigenvalue weighted by Crippen LogP contribution is 2.01. The van der Waals surface area contributed by atoms with E-state index in [2.05, 4.69) is 10.6 Å². The zero-order valence-corrected chi connectivity index (χ0v) is 11.8. The summed E-state index contributed by atoms with van der Waals surface area (Å²) in [7, 11) is -3.70. The summed E-state index contributed by atoms with van der Waals surface area (Å²) in [5.41, 5.74) is 0. The van der Waals surface area contributed by atoms with Crippen molar-refractivity contribution < 1.29 is 27.9 Å². The molecule has 9 nitrogen and oxygen atoms in total. The molecule has 10 heteroatoms. The molecule has 0 aliphatic carbocycles. The molecule has 0 aromatic heterocycles. The second-order valence-corrected chi connectivity index (χ2v) is 6.65. The smallest absolute Gasteiger partial charge is 0.327 e. The summed E-state index contributed by atoms with van der Waals surface area (Å²) in [6.45, 7) is 1.99. The van der Waals surface area contributed by atoms with E-state index >= 15 is 0 Å². The minimum absolute atomic E-state index is 0.000573. The predicted molar refractivity (Wildman–Crippen MR) is 68.9 cm³/mol. The first-order chi connectivity index (χ1) is 9.21. The number of amides is 3. The van der Waals surface area contributed by atoms with Crippen molar-refractivity contribution >= 4 is 27.7 Å². The number of carboxylic acid groups (broad SMARTS) is 1. The van der Waals surface area contributed by atoms with Gasteiger partial charge in [-0.3, -0.25) is 4.79 Å². The lowest BCUT2D eigenvalue weighted by atomic mass is 10.3. The summed E-state index contributed by atoms with van der Waals surface area (Å²) in [4.78, 5) is 34.3. The van der Waals surface area contributed by atoms with E-state index in [0.717, 1.165) is 6.92 Å². The quantitative estimate of drug-likeness (QED) is 0.499. The fourth-order valence-corrected chi connectivity index (χ4v) is 3.13. The van der Waals surface area contributed by atoms with E-state index in [9.17, 15) is 22.8 Å². The van der Waals surface area contributed by atoms with Crippen LogP contribution in [0.5, 0.6) is 0 Å². The molecule has 1 fully saturated rings. The standard InChI is InChI=1S/C10H17N3O6S/c1-7(14)12-8(9(15)16)6-20(18,19)5-4-13-3-2-11-10(13)17/h8H,2-6H2,1H3,(H,11,17)(H,12,14)(H,15,16)/t8-/m0/s1. The van der Waals surface area contributed by atoms with Gasteiger partial charge in [-0.25, -0.2) is 18.0 Å². The number of hydrogen-bond donors (Lipinski definition) is 3. The zero-order valence-electron chi connectivity index (χ0n) is 11.0. The van der Waals surface area contributed by atoms with Crippen molar-refractivity contribution in [2.75, 3.05) is 31.1 Å². The number of aliphatic carboxylic acids is 1. The maximum atomic E-state index is 11.8. The van der Waals surface area contributed by atoms with Crippen molar-refractivity contribution in [3.8, 4) is 0 Å². The van der Waals surface area contributed by atoms with Crippen LogP contribution in [0.4, 0.5) is 4.79 Å². The third-order valence-corrected chi connectivity index (χ3v) is 4.36. The Kier molecular flexibility index (Phi) is 5.31. The van der Waals surface area contributed by atoms with Crippen molar-refractivity contribution in [1.82, 2.24) is 15.5 Å². The Bertz CT molecular complexity index is 503. The van der Waals surface area contributed by atoms with Crippen molar-refractivity contribution in [2.24, 2.45) is 0 Å². The number of nitrogens with zero attached hydrogens (tertiary/aromatic N) is 1. The van der Waals surface area contributed by atoms with Crippen LogP contribution in [0.2, 0.25) is 0 Å². The van der Waals surface area contributed by atoms with Crippen molar-refractivity contribution in [1.29, 1.82) is 0 Å². The molecule has 0 saturated carbocycles. The molecule has 1 rings (SSSR count). The van der Waals surface area contributed by atoms with Crippen LogP contribution in [0.1, 0.15) is 6.92 Å². The summed E-state index contributed by atoms with van der Waals surface area (Å²) in [6, 6.07) is -1.82. The molecule has 0 aromatic carbocycles. The van der Waals surface area contributed by atoms with Gasteiger partial charge in [0, 0.05) is 26.6 Å². The fourth-order valence-electron chi connectivity index (χ4n) is 1.73. The maximum Gasteiger partial charge on any atom is 0.327 e. The van der Waals surface area contributed by atoms with Crippen molar-refractivity contribution in [2.45, 2.75) is 13.0 Å². The van der Waals surface area contributed by atoms with E-state index in [-0.39, 0.29) is 18.3 Å². The fraction of sp³-hybridized carbons (Fsp3) is 0.700. The van der Waals surface area contributed by atoms with E-state index in [1.807, 2.05) is 0 Å². The van der Waals surface area contributed by atoms with E-state index in [1.165, 1.54) is 4.90 Å². The third kappa shape index (κ3) is 5.03. The number of carbonyl (C=O) groups excluding carboxylic acids is 2. The van der Waals surface area contributed by atoms with E-state index in [0.29, 0.717) is 13.1 Å². The summed E-state index contributed by atoms with van der Waals surface area (Å²) in [5.74, 6) is -3.07. The minimum atomic E-state index is -3.70. The third-order valence-electron chi connectivity index (χ3n) is 2.71. The van der Waals surface area contributed by atoms with Gasteiger partial charge in [0.2, 0.25) is 5.91 Å². The van der Waals surface area contributed by atoms with Gasteiger partial charge in [-0.1, -0.05) is 0 Å². The first-order valence-corrected chi connectivity index (χ1v) is 7.76. The minimum Gasteiger partial charge on any atom is -0.480 e. The number of rotatable bonds is 7. The molecule has 1 aliphatic heterocycles. The van der Waals surface area contributed by atoms with Gasteiger partial charge in [0.15, 0.2) is 9.84 Å². The number of hydrogen-bond acceptors (Lipinski definition) is 5. The first kappa shape index (κ1) is 16.2. The second kappa shape index (κ2) is 6.55. The highest BCUT2D eigenvalue weighted by Gasteiger charge is 2.27. The molecule has 0 spiro atoms. The van der Waals surface area contributed by atoms with E-state index in [1.54, 1.807) is 0 Å². The Labute approximate surface area is 116 Å². The Balaban J connectivity index is 2.56. The van der Waals surface area contributed by atoms with Crippen molar-refractivity contribution in [3.63, 3.8) is 0 Å². The monoisotopic (exact) mass is 307 g/mol. The lowest BCUT2D eigenvalue weighted by Gasteiger charge is -2.16. The Morgan fingerprint density at radius 3 is 2.60 bits per heavy atom.